The summed E-state index contributed by atoms with van der Waals surface area (Å²) in [4.78, 5) is 36.6. The molecule has 21 heavy (non-hydrogen) atoms. The summed E-state index contributed by atoms with van der Waals surface area (Å²) in [5.74, 6) is -1.82. The minimum absolute atomic E-state index is 0. The van der Waals surface area contributed by atoms with E-state index in [-0.39, 0.29) is 46.7 Å². The van der Waals surface area contributed by atoms with E-state index < -0.39 is 28.2 Å². The SMILES string of the molecule is CC(C)(C)C(=O)NC1C(=O)N2C1SC(C)(C)C2C(=O)[O-].[Na+]. The molecule has 2 amide bonds. The van der Waals surface area contributed by atoms with E-state index in [1.54, 1.807) is 34.6 Å². The van der Waals surface area contributed by atoms with Gasteiger partial charge in [0.25, 0.3) is 0 Å². The van der Waals surface area contributed by atoms with Gasteiger partial charge in [0.2, 0.25) is 11.8 Å². The van der Waals surface area contributed by atoms with Crippen molar-refractivity contribution >= 4 is 29.5 Å². The summed E-state index contributed by atoms with van der Waals surface area (Å²) < 4.78 is -0.625. The predicted molar refractivity (Wildman–Crippen MR) is 72.5 cm³/mol. The minimum atomic E-state index is -1.25. The molecular weight excluding hydrogens is 303 g/mol. The van der Waals surface area contributed by atoms with Crippen LogP contribution >= 0.6 is 11.8 Å². The second-order valence-electron chi connectivity index (χ2n) is 6.78. The number of carbonyl (C=O) groups is 3. The van der Waals surface area contributed by atoms with Crippen molar-refractivity contribution in [1.29, 1.82) is 0 Å². The maximum atomic E-state index is 12.1. The Bertz CT molecular complexity index is 489. The van der Waals surface area contributed by atoms with Crippen LogP contribution in [-0.4, -0.2) is 44.9 Å². The third-order valence-electron chi connectivity index (χ3n) is 3.63. The van der Waals surface area contributed by atoms with Crippen molar-refractivity contribution in [3.05, 3.63) is 0 Å². The Morgan fingerprint density at radius 2 is 1.86 bits per heavy atom. The zero-order chi connectivity index (χ0) is 15.5. The summed E-state index contributed by atoms with van der Waals surface area (Å²) in [5.41, 5.74) is -0.590. The number of β-lactam (4-membered cyclic amide) rings is 1. The van der Waals surface area contributed by atoms with Crippen LogP contribution in [0.2, 0.25) is 0 Å². The average Bonchev–Trinajstić information content (AvgIpc) is 2.53. The van der Waals surface area contributed by atoms with Gasteiger partial charge in [0, 0.05) is 10.2 Å². The zero-order valence-corrected chi connectivity index (χ0v) is 16.0. The summed E-state index contributed by atoms with van der Waals surface area (Å²) >= 11 is 1.39. The molecule has 0 spiro atoms. The van der Waals surface area contributed by atoms with Gasteiger partial charge in [0.15, 0.2) is 0 Å². The summed E-state index contributed by atoms with van der Waals surface area (Å²) in [5, 5.41) is 13.6. The van der Waals surface area contributed by atoms with Gasteiger partial charge in [-0.2, -0.15) is 0 Å². The van der Waals surface area contributed by atoms with Gasteiger partial charge < -0.3 is 20.1 Å². The Balaban J connectivity index is 0.00000220. The molecule has 2 aliphatic heterocycles. The number of aliphatic carboxylic acids is 1. The number of hydrogen-bond acceptors (Lipinski definition) is 5. The molecule has 0 saturated carbocycles. The maximum absolute atomic E-state index is 12.1. The van der Waals surface area contributed by atoms with Gasteiger partial charge >= 0.3 is 29.6 Å². The topological polar surface area (TPSA) is 89.5 Å². The van der Waals surface area contributed by atoms with Crippen LogP contribution in [-0.2, 0) is 14.4 Å². The largest absolute Gasteiger partial charge is 1.00 e. The van der Waals surface area contributed by atoms with Crippen molar-refractivity contribution in [2.24, 2.45) is 5.41 Å². The fraction of sp³-hybridized carbons (Fsp3) is 0.769. The molecule has 0 bridgehead atoms. The third-order valence-corrected chi connectivity index (χ3v) is 5.20. The molecular formula is C13H19N2NaO4S. The first-order chi connectivity index (χ1) is 8.97. The molecule has 3 atom stereocenters. The summed E-state index contributed by atoms with van der Waals surface area (Å²) in [7, 11) is 0. The van der Waals surface area contributed by atoms with Crippen molar-refractivity contribution in [3.63, 3.8) is 0 Å². The van der Waals surface area contributed by atoms with E-state index in [1.807, 2.05) is 0 Å². The summed E-state index contributed by atoms with van der Waals surface area (Å²) in [6.07, 6.45) is 0. The quantitative estimate of drug-likeness (QED) is 0.418. The Morgan fingerprint density at radius 1 is 1.33 bits per heavy atom. The molecule has 2 fully saturated rings. The van der Waals surface area contributed by atoms with E-state index in [4.69, 9.17) is 0 Å². The number of nitrogens with zero attached hydrogens (tertiary/aromatic N) is 1. The molecule has 3 unspecified atom stereocenters. The van der Waals surface area contributed by atoms with Crippen molar-refractivity contribution in [3.8, 4) is 0 Å². The molecule has 6 nitrogen and oxygen atoms in total. The van der Waals surface area contributed by atoms with E-state index in [1.165, 1.54) is 16.7 Å². The van der Waals surface area contributed by atoms with E-state index in [2.05, 4.69) is 5.32 Å². The molecule has 2 rings (SSSR count). The van der Waals surface area contributed by atoms with Crippen LogP contribution in [0.25, 0.3) is 0 Å². The number of thioether (sulfide) groups is 1. The summed E-state index contributed by atoms with van der Waals surface area (Å²) in [6.45, 7) is 8.83. The smallest absolute Gasteiger partial charge is 0.548 e. The predicted octanol–water partition coefficient (Wildman–Crippen LogP) is -3.67. The van der Waals surface area contributed by atoms with Crippen molar-refractivity contribution < 1.29 is 49.0 Å². The van der Waals surface area contributed by atoms with Crippen LogP contribution < -0.4 is 40.0 Å². The second kappa shape index (κ2) is 5.76. The van der Waals surface area contributed by atoms with Crippen LogP contribution in [0.1, 0.15) is 34.6 Å². The number of carbonyl (C=O) groups excluding carboxylic acids is 3. The molecule has 2 aliphatic rings. The fourth-order valence-corrected chi connectivity index (χ4v) is 4.10. The van der Waals surface area contributed by atoms with Gasteiger partial charge in [-0.3, -0.25) is 9.59 Å². The molecule has 2 saturated heterocycles. The molecule has 0 aromatic carbocycles. The van der Waals surface area contributed by atoms with Gasteiger partial charge in [-0.15, -0.1) is 11.8 Å². The van der Waals surface area contributed by atoms with Crippen LogP contribution in [0.15, 0.2) is 0 Å². The number of carboxylic acids is 1. The molecule has 0 aliphatic carbocycles. The number of hydrogen-bond donors (Lipinski definition) is 1. The number of nitrogens with one attached hydrogen (secondary N) is 1. The molecule has 112 valence electrons. The van der Waals surface area contributed by atoms with Gasteiger partial charge in [-0.25, -0.2) is 0 Å². The third kappa shape index (κ3) is 3.11. The standard InChI is InChI=1S/C13H20N2O4S.Na/c1-12(2,3)11(19)14-6-8(16)15-7(10(17)18)13(4,5)20-9(6)15;/h6-7,9H,1-5H3,(H,14,19)(H,17,18);/q;+1/p-1. The summed E-state index contributed by atoms with van der Waals surface area (Å²) in [6, 6.07) is -1.59. The minimum Gasteiger partial charge on any atom is -0.548 e. The van der Waals surface area contributed by atoms with Crippen molar-refractivity contribution in [2.45, 2.75) is 56.8 Å². The van der Waals surface area contributed by atoms with E-state index >= 15 is 0 Å². The Kier molecular flexibility index (Phi) is 5.15. The molecule has 0 radical (unpaired) electrons. The van der Waals surface area contributed by atoms with Gasteiger partial charge in [-0.1, -0.05) is 20.8 Å². The molecule has 8 heteroatoms. The fourth-order valence-electron chi connectivity index (χ4n) is 2.48. The molecule has 2 heterocycles. The first-order valence-electron chi connectivity index (χ1n) is 6.48. The van der Waals surface area contributed by atoms with Gasteiger partial charge in [0.1, 0.15) is 11.4 Å². The van der Waals surface area contributed by atoms with Crippen LogP contribution in [0.5, 0.6) is 0 Å². The number of fused-ring (bicyclic) bond motifs is 1. The van der Waals surface area contributed by atoms with Crippen molar-refractivity contribution in [2.75, 3.05) is 0 Å². The van der Waals surface area contributed by atoms with E-state index in [0.717, 1.165) is 0 Å². The molecule has 0 aromatic heterocycles. The number of carboxylic acid groups (broad SMARTS) is 1. The van der Waals surface area contributed by atoms with E-state index in [0.29, 0.717) is 0 Å². The monoisotopic (exact) mass is 322 g/mol. The second-order valence-corrected chi connectivity index (χ2v) is 8.55. The Hall–Kier alpha value is -0.240. The van der Waals surface area contributed by atoms with Gasteiger partial charge in [-0.05, 0) is 13.8 Å². The van der Waals surface area contributed by atoms with Crippen LogP contribution in [0.3, 0.4) is 0 Å². The van der Waals surface area contributed by atoms with Gasteiger partial charge in [0.05, 0.1) is 12.0 Å². The first-order valence-corrected chi connectivity index (χ1v) is 7.36. The number of amides is 2. The first kappa shape index (κ1) is 18.8. The average molecular weight is 322 g/mol. The van der Waals surface area contributed by atoms with E-state index in [9.17, 15) is 19.5 Å². The normalized spacial score (nSPS) is 30.0. The maximum Gasteiger partial charge on any atom is 1.00 e. The number of rotatable bonds is 2. The Labute approximate surface area is 150 Å². The zero-order valence-electron chi connectivity index (χ0n) is 13.2. The molecule has 0 aromatic rings. The van der Waals surface area contributed by atoms with Crippen molar-refractivity contribution in [1.82, 2.24) is 10.2 Å². The van der Waals surface area contributed by atoms with Crippen LogP contribution in [0.4, 0.5) is 0 Å². The Morgan fingerprint density at radius 3 is 2.29 bits per heavy atom. The van der Waals surface area contributed by atoms with Crippen LogP contribution in [0, 0.1) is 5.41 Å². The molecule has 1 N–H and O–H groups in total.